The average molecular weight is 470 g/mol. The fourth-order valence-corrected chi connectivity index (χ4v) is 4.97. The Morgan fingerprint density at radius 3 is 2.58 bits per heavy atom. The Labute approximate surface area is 194 Å². The quantitative estimate of drug-likeness (QED) is 0.539. The molecule has 172 valence electrons. The summed E-state index contributed by atoms with van der Waals surface area (Å²) in [6.45, 7) is 2.12. The maximum absolute atomic E-state index is 14.7. The van der Waals surface area contributed by atoms with Crippen molar-refractivity contribution in [2.24, 2.45) is 5.92 Å². The molecule has 2 aliphatic heterocycles. The second kappa shape index (κ2) is 9.35. The predicted octanol–water partition coefficient (Wildman–Crippen LogP) is 4.04. The van der Waals surface area contributed by atoms with Gasteiger partial charge in [-0.1, -0.05) is 12.1 Å². The van der Waals surface area contributed by atoms with E-state index in [9.17, 15) is 8.60 Å². The summed E-state index contributed by atoms with van der Waals surface area (Å²) in [5.41, 5.74) is 1.53. The number of anilines is 1. The molecule has 0 spiro atoms. The van der Waals surface area contributed by atoms with Crippen molar-refractivity contribution in [3.05, 3.63) is 54.6 Å². The summed E-state index contributed by atoms with van der Waals surface area (Å²) in [6, 6.07) is 10.4. The van der Waals surface area contributed by atoms with Gasteiger partial charge in [0.15, 0.2) is 23.3 Å². The number of fused-ring (bicyclic) bond motifs is 1. The number of piperidine rings is 1. The second-order valence-electron chi connectivity index (χ2n) is 8.08. The highest BCUT2D eigenvalue weighted by atomic mass is 32.2. The fourth-order valence-electron chi connectivity index (χ4n) is 4.05. The first-order chi connectivity index (χ1) is 16.1. The van der Waals surface area contributed by atoms with Gasteiger partial charge in [-0.3, -0.25) is 4.21 Å². The lowest BCUT2D eigenvalue weighted by Crippen LogP contribution is -2.36. The molecule has 3 heterocycles. The Hall–Kier alpha value is -3.20. The molecule has 0 N–H and O–H groups in total. The van der Waals surface area contributed by atoms with Gasteiger partial charge in [0, 0.05) is 13.1 Å². The highest BCUT2D eigenvalue weighted by molar-refractivity contribution is 7.85. The van der Waals surface area contributed by atoms with Crippen LogP contribution in [0.25, 0.3) is 11.1 Å². The molecule has 0 saturated carbocycles. The van der Waals surface area contributed by atoms with Crippen molar-refractivity contribution in [2.45, 2.75) is 17.7 Å². The first-order valence-corrected chi connectivity index (χ1v) is 12.1. The minimum Gasteiger partial charge on any atom is -0.494 e. The summed E-state index contributed by atoms with van der Waals surface area (Å²) in [6.07, 6.45) is 5.18. The zero-order chi connectivity index (χ0) is 22.8. The zero-order valence-corrected chi connectivity index (χ0v) is 19.0. The summed E-state index contributed by atoms with van der Waals surface area (Å²) in [7, 11) is 0.468. The van der Waals surface area contributed by atoms with Crippen molar-refractivity contribution in [3.8, 4) is 28.4 Å². The lowest BCUT2D eigenvalue weighted by Gasteiger charge is -2.31. The van der Waals surface area contributed by atoms with Crippen LogP contribution in [0.15, 0.2) is 53.7 Å². The largest absolute Gasteiger partial charge is 0.494 e. The molecule has 0 unspecified atom stereocenters. The van der Waals surface area contributed by atoms with Gasteiger partial charge < -0.3 is 19.1 Å². The third-order valence-corrected chi connectivity index (χ3v) is 7.16. The van der Waals surface area contributed by atoms with Gasteiger partial charge >= 0.3 is 0 Å². The minimum absolute atomic E-state index is 0.173. The van der Waals surface area contributed by atoms with Crippen LogP contribution in [-0.4, -0.2) is 46.9 Å². The molecule has 3 aromatic rings. The van der Waals surface area contributed by atoms with Crippen molar-refractivity contribution in [1.29, 1.82) is 0 Å². The Kier molecular flexibility index (Phi) is 6.13. The highest BCUT2D eigenvalue weighted by Crippen LogP contribution is 2.34. The standard InChI is InChI=1S/C24H24FN3O4S/c1-30-19-12-26-24(27-13-19)28-8-6-16(7-9-28)14-31-21-4-2-17(10-20(21)25)18-3-5-23-22(11-18)32-15-33(23)29/h2-5,10-13,16H,6-9,14-15H2,1H3/t33-/m1/s1. The van der Waals surface area contributed by atoms with Crippen LogP contribution in [0.5, 0.6) is 17.2 Å². The van der Waals surface area contributed by atoms with Crippen molar-refractivity contribution < 1.29 is 22.8 Å². The Balaban J connectivity index is 1.17. The van der Waals surface area contributed by atoms with Crippen LogP contribution in [0, 0.1) is 11.7 Å². The zero-order valence-electron chi connectivity index (χ0n) is 18.2. The van der Waals surface area contributed by atoms with Crippen LogP contribution < -0.4 is 19.1 Å². The molecule has 33 heavy (non-hydrogen) atoms. The van der Waals surface area contributed by atoms with Crippen LogP contribution in [0.1, 0.15) is 12.8 Å². The molecular weight excluding hydrogens is 445 g/mol. The van der Waals surface area contributed by atoms with E-state index in [1.165, 1.54) is 6.07 Å². The van der Waals surface area contributed by atoms with Gasteiger partial charge in [0.1, 0.15) is 5.75 Å². The van der Waals surface area contributed by atoms with E-state index in [-0.39, 0.29) is 11.7 Å². The van der Waals surface area contributed by atoms with E-state index >= 15 is 0 Å². The van der Waals surface area contributed by atoms with Gasteiger partial charge in [0.05, 0.1) is 41.8 Å². The lowest BCUT2D eigenvalue weighted by atomic mass is 9.98. The van der Waals surface area contributed by atoms with E-state index in [2.05, 4.69) is 14.9 Å². The number of hydrogen-bond acceptors (Lipinski definition) is 7. The molecule has 1 atom stereocenters. The minimum atomic E-state index is -1.12. The Morgan fingerprint density at radius 1 is 1.12 bits per heavy atom. The van der Waals surface area contributed by atoms with Crippen LogP contribution in [-0.2, 0) is 10.8 Å². The molecular formula is C24H24FN3O4S. The van der Waals surface area contributed by atoms with Gasteiger partial charge in [-0.05, 0) is 54.2 Å². The third kappa shape index (κ3) is 4.64. The molecule has 2 aromatic carbocycles. The summed E-state index contributed by atoms with van der Waals surface area (Å²) < 4.78 is 42.9. The molecule has 1 fully saturated rings. The molecule has 0 aliphatic carbocycles. The van der Waals surface area contributed by atoms with Crippen molar-refractivity contribution in [3.63, 3.8) is 0 Å². The summed E-state index contributed by atoms with van der Waals surface area (Å²) in [5.74, 6) is 2.29. The smallest absolute Gasteiger partial charge is 0.225 e. The Bertz CT molecular complexity index is 1170. The molecule has 0 radical (unpaired) electrons. The number of rotatable bonds is 6. The van der Waals surface area contributed by atoms with Crippen molar-refractivity contribution in [2.75, 3.05) is 37.6 Å². The van der Waals surface area contributed by atoms with Crippen LogP contribution in [0.3, 0.4) is 0 Å². The number of halogens is 1. The lowest BCUT2D eigenvalue weighted by molar-refractivity contribution is 0.215. The molecule has 9 heteroatoms. The second-order valence-corrected chi connectivity index (χ2v) is 9.45. The van der Waals surface area contributed by atoms with Crippen LogP contribution >= 0.6 is 0 Å². The summed E-state index contributed by atoms with van der Waals surface area (Å²) in [4.78, 5) is 11.5. The molecule has 0 bridgehead atoms. The Morgan fingerprint density at radius 2 is 1.85 bits per heavy atom. The number of aromatic nitrogens is 2. The highest BCUT2D eigenvalue weighted by Gasteiger charge is 2.23. The molecule has 5 rings (SSSR count). The van der Waals surface area contributed by atoms with Crippen molar-refractivity contribution >= 4 is 16.7 Å². The van der Waals surface area contributed by atoms with E-state index in [1.807, 2.05) is 12.1 Å². The monoisotopic (exact) mass is 469 g/mol. The van der Waals surface area contributed by atoms with Gasteiger partial charge in [0.2, 0.25) is 5.95 Å². The number of hydrogen-bond donors (Lipinski definition) is 0. The van der Waals surface area contributed by atoms with Gasteiger partial charge in [-0.15, -0.1) is 0 Å². The predicted molar refractivity (Wildman–Crippen MR) is 123 cm³/mol. The van der Waals surface area contributed by atoms with E-state index < -0.39 is 16.6 Å². The number of benzene rings is 2. The van der Waals surface area contributed by atoms with E-state index in [0.29, 0.717) is 34.9 Å². The maximum Gasteiger partial charge on any atom is 0.225 e. The van der Waals surface area contributed by atoms with Gasteiger partial charge in [-0.2, -0.15) is 0 Å². The third-order valence-electron chi connectivity index (χ3n) is 6.00. The first kappa shape index (κ1) is 21.6. The van der Waals surface area contributed by atoms with E-state index in [0.717, 1.165) is 37.1 Å². The first-order valence-electron chi connectivity index (χ1n) is 10.8. The van der Waals surface area contributed by atoms with Gasteiger partial charge in [-0.25, -0.2) is 14.4 Å². The van der Waals surface area contributed by atoms with Crippen LogP contribution in [0.2, 0.25) is 0 Å². The summed E-state index contributed by atoms with van der Waals surface area (Å²) in [5, 5.41) is 0. The van der Waals surface area contributed by atoms with E-state index in [1.54, 1.807) is 37.7 Å². The maximum atomic E-state index is 14.7. The van der Waals surface area contributed by atoms with Gasteiger partial charge in [0.25, 0.3) is 0 Å². The summed E-state index contributed by atoms with van der Waals surface area (Å²) >= 11 is 0. The molecule has 1 aromatic heterocycles. The van der Waals surface area contributed by atoms with Crippen molar-refractivity contribution in [1.82, 2.24) is 9.97 Å². The topological polar surface area (TPSA) is 73.8 Å². The molecule has 0 amide bonds. The fraction of sp³-hybridized carbons (Fsp3) is 0.333. The molecule has 1 saturated heterocycles. The SMILES string of the molecule is COc1cnc(N2CCC(COc3ccc(-c4ccc5c(c4)OC[S@]5=O)cc3F)CC2)nc1. The number of methoxy groups -OCH3 is 1. The van der Waals surface area contributed by atoms with E-state index in [4.69, 9.17) is 14.2 Å². The number of ether oxygens (including phenoxy) is 3. The average Bonchev–Trinajstić information content (AvgIpc) is 3.23. The number of nitrogens with zero attached hydrogens (tertiary/aromatic N) is 3. The van der Waals surface area contributed by atoms with Crippen LogP contribution in [0.4, 0.5) is 10.3 Å². The normalized spacial score (nSPS) is 18.0. The molecule has 2 aliphatic rings. The molecule has 7 nitrogen and oxygen atoms in total.